The molecular formula is C52H89O3P. The molecule has 0 saturated heterocycles. The van der Waals surface area contributed by atoms with Gasteiger partial charge in [0, 0.05) is 28.2 Å². The standard InChI is InChI=1S/C52H89O3P/c1-15-20-21-22-23-24-25-26-27-28-29-30-31-32-33-34-35-53-56-54-47-43(36-41(49(7,8)16-2)38-45(47)51(11,12)18-4)40(6)44-37-42(50(9,10)17-3)39-46(48(44)55-56)52(13,14)19-5/h36-40H,15-35H2,1-14H3. The highest BCUT2D eigenvalue weighted by molar-refractivity contribution is 7.42. The summed E-state index contributed by atoms with van der Waals surface area (Å²) in [6, 6.07) is 9.84. The van der Waals surface area contributed by atoms with E-state index in [4.69, 9.17) is 13.6 Å². The SMILES string of the molecule is CCCCCCCCCCCCCCCCCCOP1Oc2c(cc(C(C)(C)CC)cc2C(C)(C)CC)C(C)c2cc(C(C)(C)CC)cc(C(C)(C)CC)c2O1. The lowest BCUT2D eigenvalue weighted by Gasteiger charge is -2.38. The third-order valence-corrected chi connectivity index (χ3v) is 15.3. The molecule has 3 nitrogen and oxygen atoms in total. The number of unbranched alkanes of at least 4 members (excludes halogenated alkanes) is 15. The molecule has 0 radical (unpaired) electrons. The molecule has 0 N–H and O–H groups in total. The summed E-state index contributed by atoms with van der Waals surface area (Å²) in [7, 11) is -1.67. The summed E-state index contributed by atoms with van der Waals surface area (Å²) in [5.74, 6) is 2.07. The van der Waals surface area contributed by atoms with Gasteiger partial charge < -0.3 is 9.05 Å². The average molecular weight is 793 g/mol. The molecule has 0 spiro atoms. The van der Waals surface area contributed by atoms with E-state index in [0.717, 1.165) is 43.6 Å². The minimum absolute atomic E-state index is 0.0465. The van der Waals surface area contributed by atoms with Crippen molar-refractivity contribution in [1.82, 2.24) is 0 Å². The molecule has 0 fully saturated rings. The van der Waals surface area contributed by atoms with Crippen molar-refractivity contribution in [3.05, 3.63) is 57.6 Å². The monoisotopic (exact) mass is 793 g/mol. The van der Waals surface area contributed by atoms with Crippen molar-refractivity contribution in [2.45, 2.75) is 253 Å². The van der Waals surface area contributed by atoms with Crippen molar-refractivity contribution < 1.29 is 13.6 Å². The average Bonchev–Trinajstić information content (AvgIpc) is 3.17. The van der Waals surface area contributed by atoms with Crippen LogP contribution in [0.5, 0.6) is 11.5 Å². The van der Waals surface area contributed by atoms with Crippen LogP contribution >= 0.6 is 8.60 Å². The highest BCUT2D eigenvalue weighted by Crippen LogP contribution is 2.56. The van der Waals surface area contributed by atoms with Crippen LogP contribution < -0.4 is 9.05 Å². The third kappa shape index (κ3) is 13.5. The molecule has 0 saturated carbocycles. The van der Waals surface area contributed by atoms with Gasteiger partial charge in [-0.1, -0.05) is 218 Å². The van der Waals surface area contributed by atoms with Gasteiger partial charge in [0.05, 0.1) is 6.61 Å². The van der Waals surface area contributed by atoms with Crippen LogP contribution in [0.1, 0.15) is 265 Å². The summed E-state index contributed by atoms with van der Waals surface area (Å²) in [5, 5.41) is 0. The molecule has 1 heterocycles. The molecule has 4 heteroatoms. The molecule has 0 unspecified atom stereocenters. The van der Waals surface area contributed by atoms with Gasteiger partial charge >= 0.3 is 8.60 Å². The molecule has 3 rings (SSSR count). The molecule has 0 atom stereocenters. The van der Waals surface area contributed by atoms with Gasteiger partial charge in [0.15, 0.2) is 0 Å². The lowest BCUT2D eigenvalue weighted by molar-refractivity contribution is 0.252. The highest BCUT2D eigenvalue weighted by Gasteiger charge is 2.39. The van der Waals surface area contributed by atoms with Crippen LogP contribution in [0.4, 0.5) is 0 Å². The zero-order valence-electron chi connectivity index (χ0n) is 39.4. The van der Waals surface area contributed by atoms with Gasteiger partial charge in [-0.05, 0) is 64.9 Å². The van der Waals surface area contributed by atoms with Gasteiger partial charge in [0.1, 0.15) is 11.5 Å². The molecular weight excluding hydrogens is 704 g/mol. The predicted octanol–water partition coefficient (Wildman–Crippen LogP) is 17.9. The molecule has 0 aliphatic carbocycles. The molecule has 56 heavy (non-hydrogen) atoms. The first-order valence-electron chi connectivity index (χ1n) is 23.7. The van der Waals surface area contributed by atoms with Crippen molar-refractivity contribution in [3.63, 3.8) is 0 Å². The van der Waals surface area contributed by atoms with Crippen LogP contribution in [0, 0.1) is 0 Å². The van der Waals surface area contributed by atoms with Crippen LogP contribution in [0.25, 0.3) is 0 Å². The fourth-order valence-corrected chi connectivity index (χ4v) is 9.03. The van der Waals surface area contributed by atoms with Gasteiger partial charge in [-0.15, -0.1) is 0 Å². The normalized spacial score (nSPS) is 16.5. The summed E-state index contributed by atoms with van der Waals surface area (Å²) in [4.78, 5) is 0. The van der Waals surface area contributed by atoms with Gasteiger partial charge in [-0.2, -0.15) is 0 Å². The second-order valence-corrected chi connectivity index (χ2v) is 21.2. The van der Waals surface area contributed by atoms with E-state index < -0.39 is 8.60 Å². The van der Waals surface area contributed by atoms with Crippen LogP contribution in [0.15, 0.2) is 24.3 Å². The van der Waals surface area contributed by atoms with Crippen LogP contribution in [-0.2, 0) is 26.2 Å². The Morgan fingerprint density at radius 2 is 0.786 bits per heavy atom. The lowest BCUT2D eigenvalue weighted by Crippen LogP contribution is -2.25. The second-order valence-electron chi connectivity index (χ2n) is 20.1. The van der Waals surface area contributed by atoms with E-state index in [0.29, 0.717) is 6.61 Å². The molecule has 1 aliphatic rings. The van der Waals surface area contributed by atoms with Crippen molar-refractivity contribution in [2.24, 2.45) is 0 Å². The minimum atomic E-state index is -1.67. The summed E-state index contributed by atoms with van der Waals surface area (Å²) < 4.78 is 21.1. The van der Waals surface area contributed by atoms with E-state index >= 15 is 0 Å². The number of hydrogen-bond donors (Lipinski definition) is 0. The smallest absolute Gasteiger partial charge is 0.417 e. The Morgan fingerprint density at radius 3 is 1.11 bits per heavy atom. The van der Waals surface area contributed by atoms with E-state index in [1.807, 2.05) is 0 Å². The molecule has 2 aromatic carbocycles. The van der Waals surface area contributed by atoms with Crippen LogP contribution in [0.2, 0.25) is 0 Å². The molecule has 2 aromatic rings. The number of benzene rings is 2. The summed E-state index contributed by atoms with van der Waals surface area (Å²) >= 11 is 0. The van der Waals surface area contributed by atoms with Gasteiger partial charge in [0.2, 0.25) is 0 Å². The van der Waals surface area contributed by atoms with E-state index in [9.17, 15) is 0 Å². The summed E-state index contributed by atoms with van der Waals surface area (Å²) in [5.41, 5.74) is 7.86. The van der Waals surface area contributed by atoms with E-state index in [-0.39, 0.29) is 27.6 Å². The topological polar surface area (TPSA) is 27.7 Å². The molecule has 0 amide bonds. The van der Waals surface area contributed by atoms with E-state index in [1.54, 1.807) is 0 Å². The minimum Gasteiger partial charge on any atom is -0.417 e. The first-order valence-corrected chi connectivity index (χ1v) is 24.8. The van der Waals surface area contributed by atoms with Crippen molar-refractivity contribution in [3.8, 4) is 11.5 Å². The van der Waals surface area contributed by atoms with Crippen molar-refractivity contribution >= 4 is 8.60 Å². The Hall–Kier alpha value is -1.57. The largest absolute Gasteiger partial charge is 0.463 e. The lowest BCUT2D eigenvalue weighted by atomic mass is 9.72. The number of hydrogen-bond acceptors (Lipinski definition) is 3. The zero-order valence-corrected chi connectivity index (χ0v) is 40.3. The quantitative estimate of drug-likeness (QED) is 0.0701. The van der Waals surface area contributed by atoms with Crippen molar-refractivity contribution in [1.29, 1.82) is 0 Å². The van der Waals surface area contributed by atoms with Crippen LogP contribution in [-0.4, -0.2) is 6.61 Å². The molecule has 0 bridgehead atoms. The zero-order chi connectivity index (χ0) is 41.6. The Morgan fingerprint density at radius 1 is 0.464 bits per heavy atom. The maximum Gasteiger partial charge on any atom is 0.463 e. The number of fused-ring (bicyclic) bond motifs is 2. The van der Waals surface area contributed by atoms with Gasteiger partial charge in [0.25, 0.3) is 0 Å². The Balaban J connectivity index is 1.84. The van der Waals surface area contributed by atoms with Crippen LogP contribution in [0.3, 0.4) is 0 Å². The fourth-order valence-electron chi connectivity index (χ4n) is 7.90. The first kappa shape index (κ1) is 48.8. The maximum atomic E-state index is 7.15. The van der Waals surface area contributed by atoms with E-state index in [2.05, 4.69) is 121 Å². The molecule has 320 valence electrons. The Labute approximate surface area is 349 Å². The van der Waals surface area contributed by atoms with Gasteiger partial charge in [-0.3, -0.25) is 4.52 Å². The van der Waals surface area contributed by atoms with E-state index in [1.165, 1.54) is 130 Å². The predicted molar refractivity (Wildman–Crippen MR) is 247 cm³/mol. The second kappa shape index (κ2) is 22.7. The first-order chi connectivity index (χ1) is 26.5. The third-order valence-electron chi connectivity index (χ3n) is 14.3. The Kier molecular flexibility index (Phi) is 19.8. The van der Waals surface area contributed by atoms with Gasteiger partial charge in [-0.25, -0.2) is 0 Å². The fraction of sp³-hybridized carbons (Fsp3) is 0.769. The summed E-state index contributed by atoms with van der Waals surface area (Å²) in [6.07, 6.45) is 26.0. The highest BCUT2D eigenvalue weighted by atomic mass is 31.2. The Bertz CT molecular complexity index is 1360. The molecule has 0 aromatic heterocycles. The maximum absolute atomic E-state index is 7.15. The molecule has 1 aliphatic heterocycles. The number of rotatable bonds is 26. The summed E-state index contributed by atoms with van der Waals surface area (Å²) in [6.45, 7) is 33.6. The van der Waals surface area contributed by atoms with Crippen molar-refractivity contribution in [2.75, 3.05) is 6.61 Å².